The van der Waals surface area contributed by atoms with Crippen molar-refractivity contribution < 1.29 is 19.8 Å². The molecule has 0 saturated carbocycles. The lowest BCUT2D eigenvalue weighted by atomic mass is 10.1. The summed E-state index contributed by atoms with van der Waals surface area (Å²) in [5.41, 5.74) is 0.358. The number of hydrogen-bond acceptors (Lipinski definition) is 3. The molecule has 0 aliphatic rings. The highest BCUT2D eigenvalue weighted by molar-refractivity contribution is 9.10. The zero-order chi connectivity index (χ0) is 12.8. The van der Waals surface area contributed by atoms with Gasteiger partial charge in [0, 0.05) is 17.5 Å². The fourth-order valence-electron chi connectivity index (χ4n) is 1.27. The number of carbonyl (C=O) groups excluding carboxylic acids is 1. The van der Waals surface area contributed by atoms with Crippen LogP contribution in [0.25, 0.3) is 0 Å². The Kier molecular flexibility index (Phi) is 5.11. The van der Waals surface area contributed by atoms with Crippen LogP contribution in [0.4, 0.5) is 0 Å². The van der Waals surface area contributed by atoms with E-state index in [0.717, 1.165) is 0 Å². The summed E-state index contributed by atoms with van der Waals surface area (Å²) in [7, 11) is 0. The van der Waals surface area contributed by atoms with Crippen molar-refractivity contribution in [2.24, 2.45) is 0 Å². The topological polar surface area (TPSA) is 86.6 Å². The number of carbonyl (C=O) groups is 2. The van der Waals surface area contributed by atoms with Crippen molar-refractivity contribution in [2.75, 3.05) is 6.61 Å². The molecule has 5 nitrogen and oxygen atoms in total. The van der Waals surface area contributed by atoms with Crippen LogP contribution in [0.1, 0.15) is 16.8 Å². The molecule has 92 valence electrons. The Morgan fingerprint density at radius 1 is 1.35 bits per heavy atom. The highest BCUT2D eigenvalue weighted by Crippen LogP contribution is 2.15. The van der Waals surface area contributed by atoms with Crippen molar-refractivity contribution in [1.82, 2.24) is 5.32 Å². The molecule has 0 aliphatic heterocycles. The first kappa shape index (κ1) is 13.7. The number of hydrogen-bond donors (Lipinski definition) is 3. The molecule has 1 aromatic carbocycles. The number of amides is 1. The second-order valence-electron chi connectivity index (χ2n) is 3.36. The highest BCUT2D eigenvalue weighted by Gasteiger charge is 2.20. The molecule has 17 heavy (non-hydrogen) atoms. The van der Waals surface area contributed by atoms with Crippen LogP contribution in [0, 0.1) is 0 Å². The first-order valence-corrected chi connectivity index (χ1v) is 5.74. The van der Waals surface area contributed by atoms with Crippen LogP contribution >= 0.6 is 15.9 Å². The van der Waals surface area contributed by atoms with Crippen LogP contribution in [0.5, 0.6) is 0 Å². The Bertz CT molecular complexity index is 422. The molecule has 3 N–H and O–H groups in total. The number of benzene rings is 1. The van der Waals surface area contributed by atoms with Gasteiger partial charge in [0.1, 0.15) is 6.04 Å². The van der Waals surface area contributed by atoms with Gasteiger partial charge in [-0.3, -0.25) is 4.79 Å². The Morgan fingerprint density at radius 3 is 2.53 bits per heavy atom. The van der Waals surface area contributed by atoms with Gasteiger partial charge in [-0.25, -0.2) is 4.79 Å². The average Bonchev–Trinajstić information content (AvgIpc) is 2.28. The van der Waals surface area contributed by atoms with E-state index in [2.05, 4.69) is 21.2 Å². The average molecular weight is 302 g/mol. The van der Waals surface area contributed by atoms with Gasteiger partial charge >= 0.3 is 5.97 Å². The van der Waals surface area contributed by atoms with E-state index in [-0.39, 0.29) is 13.0 Å². The third-order valence-electron chi connectivity index (χ3n) is 2.14. The van der Waals surface area contributed by atoms with Crippen molar-refractivity contribution in [3.63, 3.8) is 0 Å². The van der Waals surface area contributed by atoms with E-state index in [0.29, 0.717) is 10.0 Å². The van der Waals surface area contributed by atoms with E-state index in [9.17, 15) is 9.59 Å². The van der Waals surface area contributed by atoms with Crippen LogP contribution in [0.15, 0.2) is 28.7 Å². The molecule has 1 amide bonds. The fourth-order valence-corrected chi connectivity index (χ4v) is 1.73. The summed E-state index contributed by atoms with van der Waals surface area (Å²) in [5.74, 6) is -1.65. The normalized spacial score (nSPS) is 11.9. The number of carboxylic acid groups (broad SMARTS) is 1. The number of aliphatic carboxylic acids is 1. The van der Waals surface area contributed by atoms with Crippen molar-refractivity contribution in [3.05, 3.63) is 34.3 Å². The Balaban J connectivity index is 2.77. The molecule has 0 radical (unpaired) electrons. The van der Waals surface area contributed by atoms with Crippen LogP contribution in [0.2, 0.25) is 0 Å². The number of halogens is 1. The van der Waals surface area contributed by atoms with Gasteiger partial charge in [0.05, 0.1) is 5.56 Å². The standard InChI is InChI=1S/C11H12BrNO4/c12-8-4-2-1-3-7(8)10(15)13-9(5-6-14)11(16)17/h1-4,9,14H,5-6H2,(H,13,15)(H,16,17)/t9-/m1/s1. The molecule has 0 spiro atoms. The smallest absolute Gasteiger partial charge is 0.326 e. The SMILES string of the molecule is O=C(N[C@H](CCO)C(=O)O)c1ccccc1Br. The van der Waals surface area contributed by atoms with Crippen molar-refractivity contribution in [3.8, 4) is 0 Å². The van der Waals surface area contributed by atoms with Crippen molar-refractivity contribution in [2.45, 2.75) is 12.5 Å². The lowest BCUT2D eigenvalue weighted by Crippen LogP contribution is -2.41. The van der Waals surface area contributed by atoms with E-state index in [1.165, 1.54) is 0 Å². The van der Waals surface area contributed by atoms with Crippen molar-refractivity contribution in [1.29, 1.82) is 0 Å². The maximum absolute atomic E-state index is 11.8. The van der Waals surface area contributed by atoms with E-state index in [4.69, 9.17) is 10.2 Å². The first-order chi connectivity index (χ1) is 8.06. The summed E-state index contributed by atoms with van der Waals surface area (Å²) < 4.78 is 0.589. The molecule has 0 saturated heterocycles. The summed E-state index contributed by atoms with van der Waals surface area (Å²) in [6.07, 6.45) is -0.0223. The van der Waals surface area contributed by atoms with Gasteiger partial charge in [-0.2, -0.15) is 0 Å². The number of carboxylic acids is 1. The molecule has 1 atom stereocenters. The first-order valence-electron chi connectivity index (χ1n) is 4.95. The number of aliphatic hydroxyl groups excluding tert-OH is 1. The Hall–Kier alpha value is -1.40. The largest absolute Gasteiger partial charge is 0.480 e. The van der Waals surface area contributed by atoms with E-state index < -0.39 is 17.9 Å². The molecule has 0 fully saturated rings. The zero-order valence-corrected chi connectivity index (χ0v) is 10.5. The zero-order valence-electron chi connectivity index (χ0n) is 8.89. The Labute approximate surface area is 107 Å². The maximum Gasteiger partial charge on any atom is 0.326 e. The molecule has 1 aromatic rings. The summed E-state index contributed by atoms with van der Waals surface area (Å²) in [5, 5.41) is 19.9. The second-order valence-corrected chi connectivity index (χ2v) is 4.21. The Morgan fingerprint density at radius 2 is 2.00 bits per heavy atom. The molecule has 0 heterocycles. The fraction of sp³-hybridized carbons (Fsp3) is 0.273. The second kappa shape index (κ2) is 6.36. The van der Waals surface area contributed by atoms with Crippen LogP contribution in [-0.2, 0) is 4.79 Å². The highest BCUT2D eigenvalue weighted by atomic mass is 79.9. The molecular formula is C11H12BrNO4. The molecule has 6 heteroatoms. The number of nitrogens with one attached hydrogen (secondary N) is 1. The number of rotatable bonds is 5. The summed E-state index contributed by atoms with van der Waals surface area (Å²) in [6.45, 7) is -0.298. The summed E-state index contributed by atoms with van der Waals surface area (Å²) in [6, 6.07) is 5.62. The minimum Gasteiger partial charge on any atom is -0.480 e. The quantitative estimate of drug-likeness (QED) is 0.758. The minimum absolute atomic E-state index is 0.0223. The van der Waals surface area contributed by atoms with Gasteiger partial charge in [0.2, 0.25) is 0 Å². The summed E-state index contributed by atoms with van der Waals surface area (Å²) >= 11 is 3.21. The third-order valence-corrected chi connectivity index (χ3v) is 2.83. The van der Waals surface area contributed by atoms with E-state index >= 15 is 0 Å². The lowest BCUT2D eigenvalue weighted by molar-refractivity contribution is -0.139. The molecule has 0 unspecified atom stereocenters. The molecule has 0 bridgehead atoms. The monoisotopic (exact) mass is 301 g/mol. The lowest BCUT2D eigenvalue weighted by Gasteiger charge is -2.13. The van der Waals surface area contributed by atoms with Gasteiger partial charge in [-0.1, -0.05) is 12.1 Å². The summed E-state index contributed by atoms with van der Waals surface area (Å²) in [4.78, 5) is 22.6. The van der Waals surface area contributed by atoms with Gasteiger partial charge in [-0.05, 0) is 28.1 Å². The maximum atomic E-state index is 11.8. The van der Waals surface area contributed by atoms with Crippen LogP contribution in [0.3, 0.4) is 0 Å². The van der Waals surface area contributed by atoms with E-state index in [1.54, 1.807) is 24.3 Å². The molecule has 0 aliphatic carbocycles. The van der Waals surface area contributed by atoms with Gasteiger partial charge in [0.15, 0.2) is 0 Å². The van der Waals surface area contributed by atoms with E-state index in [1.807, 2.05) is 0 Å². The molecule has 0 aromatic heterocycles. The van der Waals surface area contributed by atoms with Gasteiger partial charge < -0.3 is 15.5 Å². The third kappa shape index (κ3) is 3.83. The van der Waals surface area contributed by atoms with Gasteiger partial charge in [-0.15, -0.1) is 0 Å². The molecular weight excluding hydrogens is 290 g/mol. The predicted molar refractivity (Wildman–Crippen MR) is 64.7 cm³/mol. The predicted octanol–water partition coefficient (Wildman–Crippen LogP) is 1.01. The van der Waals surface area contributed by atoms with Gasteiger partial charge in [0.25, 0.3) is 5.91 Å². The van der Waals surface area contributed by atoms with Crippen LogP contribution in [-0.4, -0.2) is 34.7 Å². The number of aliphatic hydroxyl groups is 1. The minimum atomic E-state index is -1.17. The van der Waals surface area contributed by atoms with Crippen LogP contribution < -0.4 is 5.32 Å². The molecule has 1 rings (SSSR count). The van der Waals surface area contributed by atoms with Crippen molar-refractivity contribution >= 4 is 27.8 Å².